The summed E-state index contributed by atoms with van der Waals surface area (Å²) in [4.78, 5) is 11.3. The van der Waals surface area contributed by atoms with E-state index in [0.29, 0.717) is 12.6 Å². The van der Waals surface area contributed by atoms with E-state index in [2.05, 4.69) is 31.6 Å². The quantitative estimate of drug-likeness (QED) is 0.579. The van der Waals surface area contributed by atoms with Gasteiger partial charge in [-0.3, -0.25) is 4.99 Å². The number of pyridine rings is 1. The molecule has 0 spiro atoms. The molecule has 1 aliphatic heterocycles. The molecule has 6 heteroatoms. The van der Waals surface area contributed by atoms with E-state index in [1.807, 2.05) is 19.3 Å². The molecule has 0 amide bonds. The molecule has 2 aliphatic rings. The molecule has 26 heavy (non-hydrogen) atoms. The van der Waals surface area contributed by atoms with Gasteiger partial charge in [-0.15, -0.1) is 0 Å². The van der Waals surface area contributed by atoms with Crippen molar-refractivity contribution >= 4 is 5.96 Å². The van der Waals surface area contributed by atoms with Crippen molar-refractivity contribution in [3.8, 4) is 5.88 Å². The van der Waals surface area contributed by atoms with Crippen LogP contribution in [0.25, 0.3) is 0 Å². The zero-order chi connectivity index (χ0) is 18.0. The molecule has 3 rings (SSSR count). The highest BCUT2D eigenvalue weighted by Gasteiger charge is 2.16. The van der Waals surface area contributed by atoms with Gasteiger partial charge in [0.25, 0.3) is 0 Å². The van der Waals surface area contributed by atoms with Gasteiger partial charge in [0.2, 0.25) is 5.88 Å². The van der Waals surface area contributed by atoms with Crippen LogP contribution in [-0.2, 0) is 6.54 Å². The van der Waals surface area contributed by atoms with Crippen LogP contribution < -0.4 is 15.4 Å². The van der Waals surface area contributed by atoms with Crippen molar-refractivity contribution in [1.29, 1.82) is 0 Å². The molecule has 0 aromatic carbocycles. The molecular formula is C20H33N5O. The topological polar surface area (TPSA) is 61.8 Å². The first-order valence-corrected chi connectivity index (χ1v) is 10.1. The molecule has 2 heterocycles. The third kappa shape index (κ3) is 6.16. The van der Waals surface area contributed by atoms with Gasteiger partial charge in [0.05, 0.1) is 0 Å². The molecule has 144 valence electrons. The van der Waals surface area contributed by atoms with Crippen LogP contribution in [0.3, 0.4) is 0 Å². The molecule has 2 fully saturated rings. The molecule has 0 bridgehead atoms. The van der Waals surface area contributed by atoms with Crippen LogP contribution >= 0.6 is 0 Å². The number of aliphatic imine (C=N–C) groups is 1. The van der Waals surface area contributed by atoms with E-state index in [1.165, 1.54) is 45.2 Å². The van der Waals surface area contributed by atoms with E-state index >= 15 is 0 Å². The predicted octanol–water partition coefficient (Wildman–Crippen LogP) is 2.55. The van der Waals surface area contributed by atoms with Crippen molar-refractivity contribution < 1.29 is 4.74 Å². The smallest absolute Gasteiger partial charge is 0.213 e. The fraction of sp³-hybridized carbons (Fsp3) is 0.700. The second-order valence-electron chi connectivity index (χ2n) is 7.28. The molecule has 1 aromatic heterocycles. The second-order valence-corrected chi connectivity index (χ2v) is 7.28. The number of guanidine groups is 1. The average Bonchev–Trinajstić information content (AvgIpc) is 3.19. The molecule has 0 unspecified atom stereocenters. The maximum absolute atomic E-state index is 5.92. The van der Waals surface area contributed by atoms with Gasteiger partial charge in [-0.1, -0.05) is 12.5 Å². The molecule has 0 atom stereocenters. The summed E-state index contributed by atoms with van der Waals surface area (Å²) in [6.45, 7) is 5.17. The lowest BCUT2D eigenvalue weighted by atomic mass is 10.1. The molecule has 1 aromatic rings. The van der Waals surface area contributed by atoms with Gasteiger partial charge in [0.15, 0.2) is 5.96 Å². The third-order valence-electron chi connectivity index (χ3n) is 5.24. The molecule has 1 saturated heterocycles. The number of aromatic nitrogens is 1. The van der Waals surface area contributed by atoms with Crippen LogP contribution in [0.15, 0.2) is 23.3 Å². The van der Waals surface area contributed by atoms with Gasteiger partial charge in [-0.05, 0) is 57.2 Å². The lowest BCUT2D eigenvalue weighted by molar-refractivity contribution is 0.201. The fourth-order valence-corrected chi connectivity index (χ4v) is 3.68. The molecule has 2 N–H and O–H groups in total. The summed E-state index contributed by atoms with van der Waals surface area (Å²) in [5, 5.41) is 6.75. The van der Waals surface area contributed by atoms with Crippen molar-refractivity contribution in [2.75, 3.05) is 33.2 Å². The Morgan fingerprint density at radius 1 is 1.15 bits per heavy atom. The van der Waals surface area contributed by atoms with Crippen LogP contribution in [-0.4, -0.2) is 55.2 Å². The number of nitrogens with zero attached hydrogens (tertiary/aromatic N) is 3. The van der Waals surface area contributed by atoms with Crippen molar-refractivity contribution in [2.45, 2.75) is 57.6 Å². The fourth-order valence-electron chi connectivity index (χ4n) is 3.68. The normalized spacial score (nSPS) is 19.5. The summed E-state index contributed by atoms with van der Waals surface area (Å²) >= 11 is 0. The maximum Gasteiger partial charge on any atom is 0.213 e. The van der Waals surface area contributed by atoms with Gasteiger partial charge in [0.1, 0.15) is 6.10 Å². The van der Waals surface area contributed by atoms with Gasteiger partial charge in [-0.2, -0.15) is 0 Å². The van der Waals surface area contributed by atoms with Gasteiger partial charge in [0, 0.05) is 38.9 Å². The van der Waals surface area contributed by atoms with Crippen LogP contribution in [0.1, 0.15) is 50.5 Å². The summed E-state index contributed by atoms with van der Waals surface area (Å²) in [7, 11) is 1.81. The Balaban J connectivity index is 1.36. The zero-order valence-corrected chi connectivity index (χ0v) is 16.0. The van der Waals surface area contributed by atoms with Crippen LogP contribution in [0.5, 0.6) is 5.88 Å². The number of hydrogen-bond donors (Lipinski definition) is 2. The van der Waals surface area contributed by atoms with E-state index in [0.717, 1.165) is 43.3 Å². The monoisotopic (exact) mass is 359 g/mol. The standard InChI is InChI=1S/C20H33N5O/c1-21-20(22-11-14-25-12-5-2-6-13-25)24-16-17-9-10-19(23-15-17)26-18-7-3-4-8-18/h9-10,15,18H,2-8,11-14,16H2,1H3,(H2,21,22,24). The Bertz CT molecular complexity index is 548. The van der Waals surface area contributed by atoms with E-state index in [1.54, 1.807) is 0 Å². The van der Waals surface area contributed by atoms with Crippen molar-refractivity contribution in [3.05, 3.63) is 23.9 Å². The molecule has 1 aliphatic carbocycles. The molecular weight excluding hydrogens is 326 g/mol. The van der Waals surface area contributed by atoms with E-state index < -0.39 is 0 Å². The van der Waals surface area contributed by atoms with Crippen LogP contribution in [0.2, 0.25) is 0 Å². The molecule has 1 saturated carbocycles. The van der Waals surface area contributed by atoms with Gasteiger partial charge < -0.3 is 20.3 Å². The maximum atomic E-state index is 5.92. The Kier molecular flexibility index (Phi) is 7.55. The Morgan fingerprint density at radius 2 is 1.96 bits per heavy atom. The summed E-state index contributed by atoms with van der Waals surface area (Å²) < 4.78 is 5.92. The first kappa shape index (κ1) is 19.0. The SMILES string of the molecule is CN=C(NCCN1CCCCC1)NCc1ccc(OC2CCCC2)nc1. The average molecular weight is 360 g/mol. The minimum atomic E-state index is 0.356. The Morgan fingerprint density at radius 3 is 2.65 bits per heavy atom. The molecule has 6 nitrogen and oxygen atoms in total. The minimum absolute atomic E-state index is 0.356. The van der Waals surface area contributed by atoms with Gasteiger partial charge >= 0.3 is 0 Å². The predicted molar refractivity (Wildman–Crippen MR) is 106 cm³/mol. The van der Waals surface area contributed by atoms with E-state index in [-0.39, 0.29) is 0 Å². The highest BCUT2D eigenvalue weighted by molar-refractivity contribution is 5.79. The number of hydrogen-bond acceptors (Lipinski definition) is 4. The largest absolute Gasteiger partial charge is 0.474 e. The zero-order valence-electron chi connectivity index (χ0n) is 16.0. The lowest BCUT2D eigenvalue weighted by Gasteiger charge is -2.26. The van der Waals surface area contributed by atoms with Crippen LogP contribution in [0.4, 0.5) is 0 Å². The Hall–Kier alpha value is -1.82. The molecule has 0 radical (unpaired) electrons. The van der Waals surface area contributed by atoms with Crippen LogP contribution in [0, 0.1) is 0 Å². The van der Waals surface area contributed by atoms with Crippen molar-refractivity contribution in [2.24, 2.45) is 4.99 Å². The summed E-state index contributed by atoms with van der Waals surface area (Å²) in [6, 6.07) is 4.05. The lowest BCUT2D eigenvalue weighted by Crippen LogP contribution is -2.42. The van der Waals surface area contributed by atoms with Crippen molar-refractivity contribution in [1.82, 2.24) is 20.5 Å². The van der Waals surface area contributed by atoms with E-state index in [4.69, 9.17) is 4.74 Å². The van der Waals surface area contributed by atoms with Gasteiger partial charge in [-0.25, -0.2) is 4.98 Å². The summed E-state index contributed by atoms with van der Waals surface area (Å²) in [6.07, 6.45) is 11.2. The third-order valence-corrected chi connectivity index (χ3v) is 5.24. The van der Waals surface area contributed by atoms with E-state index in [9.17, 15) is 0 Å². The highest BCUT2D eigenvalue weighted by atomic mass is 16.5. The first-order valence-electron chi connectivity index (χ1n) is 10.1. The first-order chi connectivity index (χ1) is 12.8. The number of nitrogens with one attached hydrogen (secondary N) is 2. The second kappa shape index (κ2) is 10.4. The minimum Gasteiger partial charge on any atom is -0.474 e. The summed E-state index contributed by atoms with van der Waals surface area (Å²) in [5.41, 5.74) is 1.13. The number of piperidine rings is 1. The highest BCUT2D eigenvalue weighted by Crippen LogP contribution is 2.22. The number of ether oxygens (including phenoxy) is 1. The number of rotatable bonds is 7. The Labute approximate surface area is 157 Å². The summed E-state index contributed by atoms with van der Waals surface area (Å²) in [5.74, 6) is 1.58. The number of likely N-dealkylation sites (tertiary alicyclic amines) is 1. The van der Waals surface area contributed by atoms with Crippen molar-refractivity contribution in [3.63, 3.8) is 0 Å².